The Balaban J connectivity index is 1.64. The van der Waals surface area contributed by atoms with Crippen molar-refractivity contribution >= 4 is 29.5 Å². The lowest BCUT2D eigenvalue weighted by Gasteiger charge is -2.41. The standard InChI is InChI=1S/C21H33N5O3S/c1-4-11-30-12-7-10-22-18(27)16-13-17-19(28)25(3)21(2,14-26(17)24-16)20(29)23-15-8-5-6-9-15/h13,15H,4-12,14H2,1-3H3,(H,22,27)(H,23,29). The van der Waals surface area contributed by atoms with E-state index < -0.39 is 5.54 Å². The van der Waals surface area contributed by atoms with Gasteiger partial charge in [0.25, 0.3) is 11.8 Å². The van der Waals surface area contributed by atoms with Crippen LogP contribution in [0.1, 0.15) is 73.3 Å². The first-order valence-electron chi connectivity index (χ1n) is 10.9. The second-order valence-electron chi connectivity index (χ2n) is 8.39. The second kappa shape index (κ2) is 9.85. The fraction of sp³-hybridized carbons (Fsp3) is 0.714. The van der Waals surface area contributed by atoms with Gasteiger partial charge in [-0.2, -0.15) is 16.9 Å². The van der Waals surface area contributed by atoms with Gasteiger partial charge in [-0.05, 0) is 44.1 Å². The Morgan fingerprint density at radius 2 is 2.03 bits per heavy atom. The van der Waals surface area contributed by atoms with E-state index in [0.29, 0.717) is 12.2 Å². The average Bonchev–Trinajstić information content (AvgIpc) is 3.38. The molecule has 1 aliphatic carbocycles. The van der Waals surface area contributed by atoms with E-state index in [9.17, 15) is 14.4 Å². The smallest absolute Gasteiger partial charge is 0.272 e. The molecule has 30 heavy (non-hydrogen) atoms. The van der Waals surface area contributed by atoms with Crippen molar-refractivity contribution in [1.82, 2.24) is 25.3 Å². The molecule has 166 valence electrons. The van der Waals surface area contributed by atoms with Crippen LogP contribution in [-0.2, 0) is 11.3 Å². The quantitative estimate of drug-likeness (QED) is 0.579. The number of carbonyl (C=O) groups excluding carboxylic acids is 3. The van der Waals surface area contributed by atoms with E-state index in [1.165, 1.54) is 15.6 Å². The molecule has 1 aromatic heterocycles. The lowest BCUT2D eigenvalue weighted by molar-refractivity contribution is -0.133. The Kier molecular flexibility index (Phi) is 7.44. The molecule has 1 aromatic rings. The van der Waals surface area contributed by atoms with Gasteiger partial charge < -0.3 is 15.5 Å². The highest BCUT2D eigenvalue weighted by Gasteiger charge is 2.46. The molecule has 1 atom stereocenters. The van der Waals surface area contributed by atoms with E-state index in [1.807, 2.05) is 11.8 Å². The Labute approximate surface area is 182 Å². The lowest BCUT2D eigenvalue weighted by Crippen LogP contribution is -2.63. The van der Waals surface area contributed by atoms with Crippen LogP contribution in [0, 0.1) is 0 Å². The van der Waals surface area contributed by atoms with Crippen molar-refractivity contribution in [2.75, 3.05) is 25.1 Å². The Morgan fingerprint density at radius 3 is 2.73 bits per heavy atom. The minimum absolute atomic E-state index is 0.165. The van der Waals surface area contributed by atoms with Crippen LogP contribution in [0.2, 0.25) is 0 Å². The summed E-state index contributed by atoms with van der Waals surface area (Å²) in [5, 5.41) is 10.3. The van der Waals surface area contributed by atoms with Crippen molar-refractivity contribution < 1.29 is 14.4 Å². The van der Waals surface area contributed by atoms with Gasteiger partial charge >= 0.3 is 0 Å². The number of likely N-dealkylation sites (N-methyl/N-ethyl adjacent to an activating group) is 1. The van der Waals surface area contributed by atoms with E-state index in [4.69, 9.17) is 0 Å². The van der Waals surface area contributed by atoms with E-state index >= 15 is 0 Å². The summed E-state index contributed by atoms with van der Waals surface area (Å²) in [5.41, 5.74) is -0.483. The predicted molar refractivity (Wildman–Crippen MR) is 118 cm³/mol. The molecule has 9 heteroatoms. The number of amides is 3. The zero-order valence-electron chi connectivity index (χ0n) is 18.2. The van der Waals surface area contributed by atoms with Crippen molar-refractivity contribution in [3.8, 4) is 0 Å². The van der Waals surface area contributed by atoms with Crippen LogP contribution in [0.25, 0.3) is 0 Å². The molecule has 3 amide bonds. The van der Waals surface area contributed by atoms with E-state index in [0.717, 1.165) is 50.0 Å². The predicted octanol–water partition coefficient (Wildman–Crippen LogP) is 2.05. The maximum atomic E-state index is 13.0. The number of aromatic nitrogens is 2. The van der Waals surface area contributed by atoms with Crippen LogP contribution in [0.4, 0.5) is 0 Å². The van der Waals surface area contributed by atoms with Gasteiger partial charge in [-0.15, -0.1) is 0 Å². The zero-order valence-corrected chi connectivity index (χ0v) is 19.0. The van der Waals surface area contributed by atoms with E-state index in [1.54, 1.807) is 14.0 Å². The number of fused-ring (bicyclic) bond motifs is 1. The van der Waals surface area contributed by atoms with E-state index in [2.05, 4.69) is 22.7 Å². The summed E-state index contributed by atoms with van der Waals surface area (Å²) < 4.78 is 1.50. The molecule has 0 aromatic carbocycles. The van der Waals surface area contributed by atoms with Crippen molar-refractivity contribution in [3.05, 3.63) is 17.5 Å². The molecule has 3 rings (SSSR count). The summed E-state index contributed by atoms with van der Waals surface area (Å²) in [4.78, 5) is 39.9. The summed E-state index contributed by atoms with van der Waals surface area (Å²) in [5.74, 6) is 1.38. The minimum atomic E-state index is -1.04. The molecule has 0 bridgehead atoms. The van der Waals surface area contributed by atoms with Gasteiger partial charge in [-0.1, -0.05) is 19.8 Å². The maximum absolute atomic E-state index is 13.0. The molecule has 1 unspecified atom stereocenters. The molecule has 2 N–H and O–H groups in total. The molecule has 2 aliphatic rings. The van der Waals surface area contributed by atoms with Gasteiger partial charge in [-0.3, -0.25) is 19.1 Å². The molecule has 1 fully saturated rings. The number of thioether (sulfide) groups is 1. The van der Waals surface area contributed by atoms with Gasteiger partial charge in [-0.25, -0.2) is 0 Å². The molecule has 0 saturated heterocycles. The molecular weight excluding hydrogens is 402 g/mol. The molecule has 0 spiro atoms. The minimum Gasteiger partial charge on any atom is -0.351 e. The van der Waals surface area contributed by atoms with Gasteiger partial charge in [0.15, 0.2) is 5.69 Å². The lowest BCUT2D eigenvalue weighted by atomic mass is 9.95. The van der Waals surface area contributed by atoms with E-state index in [-0.39, 0.29) is 36.0 Å². The van der Waals surface area contributed by atoms with Crippen LogP contribution in [-0.4, -0.2) is 69.1 Å². The third-order valence-electron chi connectivity index (χ3n) is 6.01. The number of hydrogen-bond acceptors (Lipinski definition) is 5. The Bertz CT molecular complexity index is 790. The molecule has 2 heterocycles. The highest BCUT2D eigenvalue weighted by atomic mass is 32.2. The first-order chi connectivity index (χ1) is 14.4. The molecule has 1 aliphatic heterocycles. The first-order valence-corrected chi connectivity index (χ1v) is 12.0. The normalized spacial score (nSPS) is 21.6. The van der Waals surface area contributed by atoms with Crippen molar-refractivity contribution in [2.45, 2.75) is 70.5 Å². The number of nitrogens with zero attached hydrogens (tertiary/aromatic N) is 3. The Hall–Kier alpha value is -2.03. The summed E-state index contributed by atoms with van der Waals surface area (Å²) in [6, 6.07) is 1.70. The van der Waals surface area contributed by atoms with Gasteiger partial charge in [0, 0.05) is 25.7 Å². The summed E-state index contributed by atoms with van der Waals surface area (Å²) in [6.07, 6.45) is 6.24. The van der Waals surface area contributed by atoms with Crippen molar-refractivity contribution in [3.63, 3.8) is 0 Å². The maximum Gasteiger partial charge on any atom is 0.272 e. The fourth-order valence-corrected chi connectivity index (χ4v) is 4.80. The highest BCUT2D eigenvalue weighted by molar-refractivity contribution is 7.99. The Morgan fingerprint density at radius 1 is 1.30 bits per heavy atom. The average molecular weight is 436 g/mol. The largest absolute Gasteiger partial charge is 0.351 e. The van der Waals surface area contributed by atoms with Crippen molar-refractivity contribution in [1.29, 1.82) is 0 Å². The zero-order chi connectivity index (χ0) is 21.7. The fourth-order valence-electron chi connectivity index (χ4n) is 3.96. The second-order valence-corrected chi connectivity index (χ2v) is 9.61. The number of rotatable bonds is 9. The number of carbonyl (C=O) groups is 3. The van der Waals surface area contributed by atoms with Gasteiger partial charge in [0.1, 0.15) is 11.2 Å². The summed E-state index contributed by atoms with van der Waals surface area (Å²) >= 11 is 1.88. The summed E-state index contributed by atoms with van der Waals surface area (Å²) in [7, 11) is 1.64. The van der Waals surface area contributed by atoms with Crippen LogP contribution in [0.15, 0.2) is 6.07 Å². The van der Waals surface area contributed by atoms with Crippen LogP contribution >= 0.6 is 11.8 Å². The molecule has 1 saturated carbocycles. The summed E-state index contributed by atoms with van der Waals surface area (Å²) in [6.45, 7) is 4.71. The third-order valence-corrected chi connectivity index (χ3v) is 7.29. The topological polar surface area (TPSA) is 96.3 Å². The number of hydrogen-bond donors (Lipinski definition) is 2. The van der Waals surface area contributed by atoms with Crippen LogP contribution < -0.4 is 10.6 Å². The van der Waals surface area contributed by atoms with Crippen LogP contribution in [0.5, 0.6) is 0 Å². The SMILES string of the molecule is CCCSCCCNC(=O)c1cc2n(n1)CC(C)(C(=O)NC1CCCC1)N(C)C2=O. The molecule has 8 nitrogen and oxygen atoms in total. The monoisotopic (exact) mass is 435 g/mol. The van der Waals surface area contributed by atoms with Crippen molar-refractivity contribution in [2.24, 2.45) is 0 Å². The van der Waals surface area contributed by atoms with Crippen LogP contribution in [0.3, 0.4) is 0 Å². The molecular formula is C21H33N5O3S. The molecule has 0 radical (unpaired) electrons. The highest BCUT2D eigenvalue weighted by Crippen LogP contribution is 2.27. The number of nitrogens with one attached hydrogen (secondary N) is 2. The first kappa shape index (κ1) is 22.7. The third kappa shape index (κ3) is 4.82. The van der Waals surface area contributed by atoms with Gasteiger partial charge in [0.2, 0.25) is 5.91 Å². The van der Waals surface area contributed by atoms with Gasteiger partial charge in [0.05, 0.1) is 6.54 Å².